The zero-order chi connectivity index (χ0) is 18.8. The second-order valence-electron chi connectivity index (χ2n) is 5.32. The van der Waals surface area contributed by atoms with E-state index in [1.807, 2.05) is 30.3 Å². The number of amides is 1. The Hall–Kier alpha value is -3.41. The minimum atomic E-state index is -0.628. The van der Waals surface area contributed by atoms with Crippen molar-refractivity contribution in [2.75, 3.05) is 13.7 Å². The molecule has 0 bridgehead atoms. The molecule has 0 aliphatic heterocycles. The Morgan fingerprint density at radius 2 is 1.69 bits per heavy atom. The highest BCUT2D eigenvalue weighted by Crippen LogP contribution is 2.07. The molecule has 2 aromatic carbocycles. The lowest BCUT2D eigenvalue weighted by molar-refractivity contribution is -0.143. The van der Waals surface area contributed by atoms with Gasteiger partial charge < -0.3 is 14.8 Å². The van der Waals surface area contributed by atoms with Gasteiger partial charge >= 0.3 is 11.9 Å². The zero-order valence-corrected chi connectivity index (χ0v) is 14.3. The molecule has 0 atom stereocenters. The van der Waals surface area contributed by atoms with E-state index in [4.69, 9.17) is 4.74 Å². The molecular formula is C20H19NO5. The molecular weight excluding hydrogens is 334 g/mol. The standard InChI is InChI=1S/C20H19NO5/c1-25-20(24)17-10-7-15(8-11-17)9-12-19(23)26-14-18(22)21-13-16-5-3-2-4-6-16/h2-12H,13-14H2,1H3,(H,21,22)/b12-9+. The van der Waals surface area contributed by atoms with E-state index in [1.165, 1.54) is 19.3 Å². The van der Waals surface area contributed by atoms with Gasteiger partial charge in [0.25, 0.3) is 5.91 Å². The lowest BCUT2D eigenvalue weighted by Gasteiger charge is -2.05. The normalized spacial score (nSPS) is 10.3. The molecule has 0 spiro atoms. The predicted molar refractivity (Wildman–Crippen MR) is 96.1 cm³/mol. The number of hydrogen-bond acceptors (Lipinski definition) is 5. The van der Waals surface area contributed by atoms with Crippen LogP contribution in [0.1, 0.15) is 21.5 Å². The third-order valence-corrected chi connectivity index (χ3v) is 3.42. The number of benzene rings is 2. The first-order valence-corrected chi connectivity index (χ1v) is 7.92. The summed E-state index contributed by atoms with van der Waals surface area (Å²) in [4.78, 5) is 34.7. The highest BCUT2D eigenvalue weighted by atomic mass is 16.5. The van der Waals surface area contributed by atoms with Gasteiger partial charge in [-0.15, -0.1) is 0 Å². The van der Waals surface area contributed by atoms with Gasteiger partial charge in [-0.2, -0.15) is 0 Å². The Labute approximate surface area is 151 Å². The smallest absolute Gasteiger partial charge is 0.337 e. The number of carbonyl (C=O) groups is 3. The molecule has 1 N–H and O–H groups in total. The summed E-state index contributed by atoms with van der Waals surface area (Å²) in [6.45, 7) is 0.0247. The molecule has 0 fully saturated rings. The molecule has 2 aromatic rings. The lowest BCUT2D eigenvalue weighted by Crippen LogP contribution is -2.28. The number of ether oxygens (including phenoxy) is 2. The summed E-state index contributed by atoms with van der Waals surface area (Å²) in [5.41, 5.74) is 2.09. The van der Waals surface area contributed by atoms with Crippen LogP contribution in [0, 0.1) is 0 Å². The number of esters is 2. The van der Waals surface area contributed by atoms with Crippen LogP contribution in [-0.4, -0.2) is 31.6 Å². The molecule has 26 heavy (non-hydrogen) atoms. The summed E-state index contributed by atoms with van der Waals surface area (Å²) in [5.74, 6) is -1.43. The highest BCUT2D eigenvalue weighted by Gasteiger charge is 2.06. The van der Waals surface area contributed by atoms with Crippen LogP contribution in [0.2, 0.25) is 0 Å². The summed E-state index contributed by atoms with van der Waals surface area (Å²) in [6, 6.07) is 15.9. The van der Waals surface area contributed by atoms with Gasteiger partial charge in [-0.05, 0) is 29.3 Å². The molecule has 6 nitrogen and oxygen atoms in total. The molecule has 0 radical (unpaired) electrons. The Kier molecular flexibility index (Phi) is 7.12. The molecule has 2 rings (SSSR count). The number of carbonyl (C=O) groups excluding carboxylic acids is 3. The van der Waals surface area contributed by atoms with Crippen molar-refractivity contribution >= 4 is 23.9 Å². The maximum Gasteiger partial charge on any atom is 0.337 e. The van der Waals surface area contributed by atoms with Crippen LogP contribution in [0.3, 0.4) is 0 Å². The van der Waals surface area contributed by atoms with Crippen molar-refractivity contribution in [2.24, 2.45) is 0 Å². The second-order valence-corrected chi connectivity index (χ2v) is 5.32. The average Bonchev–Trinajstić information content (AvgIpc) is 2.69. The number of rotatable bonds is 7. The Morgan fingerprint density at radius 3 is 2.35 bits per heavy atom. The SMILES string of the molecule is COC(=O)c1ccc(/C=C/C(=O)OCC(=O)NCc2ccccc2)cc1. The number of methoxy groups -OCH3 is 1. The summed E-state index contributed by atoms with van der Waals surface area (Å²) in [7, 11) is 1.31. The monoisotopic (exact) mass is 353 g/mol. The first-order valence-electron chi connectivity index (χ1n) is 7.92. The van der Waals surface area contributed by atoms with Crippen LogP contribution >= 0.6 is 0 Å². The van der Waals surface area contributed by atoms with Crippen molar-refractivity contribution < 1.29 is 23.9 Å². The molecule has 134 valence electrons. The molecule has 0 saturated carbocycles. The maximum atomic E-state index is 11.7. The van der Waals surface area contributed by atoms with Crippen molar-refractivity contribution in [3.05, 3.63) is 77.4 Å². The predicted octanol–water partition coefficient (Wildman–Crippen LogP) is 2.35. The fraction of sp³-hybridized carbons (Fsp3) is 0.150. The first-order chi connectivity index (χ1) is 12.6. The van der Waals surface area contributed by atoms with Crippen molar-refractivity contribution in [3.63, 3.8) is 0 Å². The van der Waals surface area contributed by atoms with Crippen LogP contribution < -0.4 is 5.32 Å². The Balaban J connectivity index is 1.74. The average molecular weight is 353 g/mol. The fourth-order valence-electron chi connectivity index (χ4n) is 2.04. The van der Waals surface area contributed by atoms with Crippen LogP contribution in [0.15, 0.2) is 60.7 Å². The minimum absolute atomic E-state index is 0.350. The van der Waals surface area contributed by atoms with E-state index < -0.39 is 11.9 Å². The van der Waals surface area contributed by atoms with Gasteiger partial charge in [0.15, 0.2) is 6.61 Å². The summed E-state index contributed by atoms with van der Waals surface area (Å²) in [6.07, 6.45) is 2.75. The number of nitrogens with one attached hydrogen (secondary N) is 1. The van der Waals surface area contributed by atoms with E-state index >= 15 is 0 Å². The molecule has 0 unspecified atom stereocenters. The summed E-state index contributed by atoms with van der Waals surface area (Å²) in [5, 5.41) is 2.67. The Bertz CT molecular complexity index is 782. The van der Waals surface area contributed by atoms with Crippen molar-refractivity contribution in [1.29, 1.82) is 0 Å². The topological polar surface area (TPSA) is 81.7 Å². The van der Waals surface area contributed by atoms with Gasteiger partial charge in [-0.25, -0.2) is 9.59 Å². The quantitative estimate of drug-likeness (QED) is 0.610. The lowest BCUT2D eigenvalue weighted by atomic mass is 10.1. The Morgan fingerprint density at radius 1 is 1.00 bits per heavy atom. The molecule has 6 heteroatoms. The van der Waals surface area contributed by atoms with E-state index in [1.54, 1.807) is 24.3 Å². The highest BCUT2D eigenvalue weighted by molar-refractivity contribution is 5.91. The third-order valence-electron chi connectivity index (χ3n) is 3.42. The largest absolute Gasteiger partial charge is 0.465 e. The molecule has 0 saturated heterocycles. The van der Waals surface area contributed by atoms with Gasteiger partial charge in [0.2, 0.25) is 0 Å². The minimum Gasteiger partial charge on any atom is -0.465 e. The molecule has 0 aliphatic rings. The van der Waals surface area contributed by atoms with Gasteiger partial charge in [0, 0.05) is 12.6 Å². The van der Waals surface area contributed by atoms with E-state index in [2.05, 4.69) is 10.1 Å². The van der Waals surface area contributed by atoms with Crippen LogP contribution in [0.25, 0.3) is 6.08 Å². The molecule has 0 aromatic heterocycles. The van der Waals surface area contributed by atoms with E-state index in [-0.39, 0.29) is 12.5 Å². The van der Waals surface area contributed by atoms with Gasteiger partial charge in [0.05, 0.1) is 12.7 Å². The van der Waals surface area contributed by atoms with Crippen molar-refractivity contribution in [1.82, 2.24) is 5.32 Å². The van der Waals surface area contributed by atoms with E-state index in [9.17, 15) is 14.4 Å². The van der Waals surface area contributed by atoms with Crippen LogP contribution in [0.4, 0.5) is 0 Å². The molecule has 0 aliphatic carbocycles. The van der Waals surface area contributed by atoms with E-state index in [0.717, 1.165) is 5.56 Å². The third kappa shape index (κ3) is 6.24. The zero-order valence-electron chi connectivity index (χ0n) is 14.3. The van der Waals surface area contributed by atoms with Gasteiger partial charge in [-0.1, -0.05) is 42.5 Å². The number of hydrogen-bond donors (Lipinski definition) is 1. The molecule has 1 amide bonds. The van der Waals surface area contributed by atoms with Gasteiger partial charge in [0.1, 0.15) is 0 Å². The molecule has 0 heterocycles. The summed E-state index contributed by atoms with van der Waals surface area (Å²) >= 11 is 0. The van der Waals surface area contributed by atoms with E-state index in [0.29, 0.717) is 17.7 Å². The van der Waals surface area contributed by atoms with Crippen molar-refractivity contribution in [3.8, 4) is 0 Å². The second kappa shape index (κ2) is 9.78. The summed E-state index contributed by atoms with van der Waals surface area (Å²) < 4.78 is 9.49. The van der Waals surface area contributed by atoms with Crippen LogP contribution in [0.5, 0.6) is 0 Å². The van der Waals surface area contributed by atoms with Crippen LogP contribution in [-0.2, 0) is 25.6 Å². The first kappa shape index (κ1) is 18.9. The van der Waals surface area contributed by atoms with Gasteiger partial charge in [-0.3, -0.25) is 4.79 Å². The maximum absolute atomic E-state index is 11.7. The van der Waals surface area contributed by atoms with Crippen molar-refractivity contribution in [2.45, 2.75) is 6.54 Å². The fourth-order valence-corrected chi connectivity index (χ4v) is 2.04.